The van der Waals surface area contributed by atoms with Crippen LogP contribution in [0.2, 0.25) is 0 Å². The van der Waals surface area contributed by atoms with E-state index in [0.29, 0.717) is 28.8 Å². The number of halogens is 1. The summed E-state index contributed by atoms with van der Waals surface area (Å²) in [6.45, 7) is 5.81. The van der Waals surface area contributed by atoms with Crippen molar-refractivity contribution in [2.45, 2.75) is 38.5 Å². The van der Waals surface area contributed by atoms with Crippen molar-refractivity contribution in [1.82, 2.24) is 5.32 Å². The molecular weight excluding hydrogens is 345 g/mol. The molecule has 1 aromatic carbocycles. The Hall–Kier alpha value is -1.80. The minimum absolute atomic E-state index is 0.0120. The number of amidine groups is 1. The molecule has 1 aromatic rings. The van der Waals surface area contributed by atoms with Gasteiger partial charge in [0.2, 0.25) is 0 Å². The number of nitrogens with two attached hydrogens (primary N) is 1. The van der Waals surface area contributed by atoms with Crippen LogP contribution in [-0.4, -0.2) is 29.2 Å². The molecule has 2 heterocycles. The van der Waals surface area contributed by atoms with Gasteiger partial charge in [0.1, 0.15) is 11.4 Å². The maximum atomic E-state index is 14.5. The van der Waals surface area contributed by atoms with E-state index in [1.165, 1.54) is 23.9 Å². The Kier molecular flexibility index (Phi) is 4.68. The molecule has 136 valence electrons. The number of nitrogens with one attached hydrogen (secondary N) is 1. The number of benzene rings is 1. The molecule has 3 N–H and O–H groups in total. The normalized spacial score (nSPS) is 25.9. The Morgan fingerprint density at radius 3 is 3.00 bits per heavy atom. The first-order valence-corrected chi connectivity index (χ1v) is 9.10. The van der Waals surface area contributed by atoms with E-state index in [0.717, 1.165) is 6.42 Å². The van der Waals surface area contributed by atoms with Gasteiger partial charge in [0, 0.05) is 22.9 Å². The van der Waals surface area contributed by atoms with Crippen molar-refractivity contribution < 1.29 is 18.7 Å². The van der Waals surface area contributed by atoms with Gasteiger partial charge in [-0.25, -0.2) is 14.2 Å². The van der Waals surface area contributed by atoms with Crippen molar-refractivity contribution >= 4 is 28.7 Å². The highest BCUT2D eigenvalue weighted by Gasteiger charge is 2.50. The number of fused-ring (bicyclic) bond motifs is 1. The molecular formula is C17H22FN3O3S. The second-order valence-electron chi connectivity index (χ2n) is 7.12. The molecule has 6 nitrogen and oxygen atoms in total. The molecule has 0 bridgehead atoms. The largest absolute Gasteiger partial charge is 0.444 e. The first kappa shape index (κ1) is 18.0. The van der Waals surface area contributed by atoms with Crippen molar-refractivity contribution in [1.29, 1.82) is 0 Å². The number of ether oxygens (including phenoxy) is 2. The van der Waals surface area contributed by atoms with Crippen LogP contribution in [-0.2, 0) is 15.2 Å². The number of alkyl carbamates (subject to hydrolysis) is 1. The minimum atomic E-state index is -1.16. The third kappa shape index (κ3) is 3.74. The average molecular weight is 367 g/mol. The van der Waals surface area contributed by atoms with Crippen molar-refractivity contribution in [3.63, 3.8) is 0 Å². The molecule has 0 radical (unpaired) electrons. The Morgan fingerprint density at radius 2 is 2.28 bits per heavy atom. The summed E-state index contributed by atoms with van der Waals surface area (Å²) >= 11 is 1.40. The monoisotopic (exact) mass is 367 g/mol. The molecule has 0 aromatic heterocycles. The molecule has 0 spiro atoms. The molecule has 2 aliphatic heterocycles. The average Bonchev–Trinajstić information content (AvgIpc) is 2.91. The van der Waals surface area contributed by atoms with Gasteiger partial charge in [-0.15, -0.1) is 0 Å². The molecule has 1 amide bonds. The van der Waals surface area contributed by atoms with Crippen LogP contribution in [0.1, 0.15) is 32.8 Å². The molecule has 2 atom stereocenters. The predicted molar refractivity (Wildman–Crippen MR) is 95.8 cm³/mol. The minimum Gasteiger partial charge on any atom is -0.444 e. The fourth-order valence-corrected chi connectivity index (χ4v) is 4.09. The third-order valence-electron chi connectivity index (χ3n) is 4.01. The van der Waals surface area contributed by atoms with Crippen LogP contribution < -0.4 is 11.1 Å². The zero-order chi connectivity index (χ0) is 18.2. The first-order chi connectivity index (χ1) is 11.7. The molecule has 2 aliphatic rings. The van der Waals surface area contributed by atoms with Gasteiger partial charge in [-0.1, -0.05) is 11.8 Å². The van der Waals surface area contributed by atoms with Crippen molar-refractivity contribution in [2.75, 3.05) is 18.1 Å². The van der Waals surface area contributed by atoms with Gasteiger partial charge in [-0.2, -0.15) is 0 Å². The molecule has 0 aliphatic carbocycles. The lowest BCUT2D eigenvalue weighted by atomic mass is 9.89. The molecule has 1 fully saturated rings. The van der Waals surface area contributed by atoms with Gasteiger partial charge in [-0.3, -0.25) is 5.32 Å². The Morgan fingerprint density at radius 1 is 1.52 bits per heavy atom. The highest BCUT2D eigenvalue weighted by atomic mass is 32.2. The van der Waals surface area contributed by atoms with E-state index in [1.54, 1.807) is 26.8 Å². The summed E-state index contributed by atoms with van der Waals surface area (Å²) in [6, 6.07) is 4.37. The number of thioether (sulfide) groups is 1. The lowest BCUT2D eigenvalue weighted by Crippen LogP contribution is -2.42. The van der Waals surface area contributed by atoms with Crippen LogP contribution in [0.3, 0.4) is 0 Å². The number of hydrogen-bond acceptors (Lipinski definition) is 6. The third-order valence-corrected chi connectivity index (χ3v) is 5.05. The highest BCUT2D eigenvalue weighted by Crippen LogP contribution is 2.48. The number of aliphatic imine (C=N–C) groups is 1. The van der Waals surface area contributed by atoms with Gasteiger partial charge in [0.15, 0.2) is 10.9 Å². The number of nitrogen functional groups attached to an aromatic ring is 1. The number of carbonyl (C=O) groups is 1. The summed E-state index contributed by atoms with van der Waals surface area (Å²) in [5, 5.41) is 2.99. The van der Waals surface area contributed by atoms with E-state index in [-0.39, 0.29) is 5.92 Å². The highest BCUT2D eigenvalue weighted by molar-refractivity contribution is 8.13. The van der Waals surface area contributed by atoms with Crippen LogP contribution in [0, 0.1) is 11.7 Å². The quantitative estimate of drug-likeness (QED) is 0.745. The molecule has 2 unspecified atom stereocenters. The fourth-order valence-electron chi connectivity index (χ4n) is 2.98. The SMILES string of the molecule is CC(C)(C)OC(=O)NC1=NC2(c3cc(N)ccc3F)OCCC2CS1. The topological polar surface area (TPSA) is 85.9 Å². The zero-order valence-electron chi connectivity index (χ0n) is 14.5. The maximum absolute atomic E-state index is 14.5. The summed E-state index contributed by atoms with van der Waals surface area (Å²) in [4.78, 5) is 16.6. The smallest absolute Gasteiger partial charge is 0.413 e. The zero-order valence-corrected chi connectivity index (χ0v) is 15.3. The van der Waals surface area contributed by atoms with E-state index < -0.39 is 23.2 Å². The van der Waals surface area contributed by atoms with Crippen molar-refractivity contribution in [2.24, 2.45) is 10.9 Å². The van der Waals surface area contributed by atoms with Gasteiger partial charge in [0.25, 0.3) is 0 Å². The first-order valence-electron chi connectivity index (χ1n) is 8.12. The Balaban J connectivity index is 1.93. The van der Waals surface area contributed by atoms with Crippen LogP contribution in [0.25, 0.3) is 0 Å². The summed E-state index contributed by atoms with van der Waals surface area (Å²) in [5.74, 6) is 0.245. The second kappa shape index (κ2) is 6.49. The van der Waals surface area contributed by atoms with E-state index in [4.69, 9.17) is 15.2 Å². The standard InChI is InChI=1S/C17H22FN3O3S/c1-16(2,3)24-15(22)20-14-21-17(10(9-25-14)6-7-23-17)12-8-11(19)4-5-13(12)18/h4-5,8,10H,6-7,9,19H2,1-3H3,(H,20,21,22). The number of anilines is 1. The van der Waals surface area contributed by atoms with E-state index >= 15 is 0 Å². The van der Waals surface area contributed by atoms with Crippen molar-refractivity contribution in [3.05, 3.63) is 29.6 Å². The Labute approximate surface area is 150 Å². The van der Waals surface area contributed by atoms with Crippen LogP contribution in [0.5, 0.6) is 0 Å². The summed E-state index contributed by atoms with van der Waals surface area (Å²) in [6.07, 6.45) is 0.170. The van der Waals surface area contributed by atoms with Gasteiger partial charge in [0.05, 0.1) is 6.61 Å². The maximum Gasteiger partial charge on any atom is 0.413 e. The summed E-state index contributed by atoms with van der Waals surface area (Å²) < 4.78 is 25.6. The van der Waals surface area contributed by atoms with Crippen LogP contribution in [0.4, 0.5) is 14.9 Å². The van der Waals surface area contributed by atoms with Crippen LogP contribution in [0.15, 0.2) is 23.2 Å². The van der Waals surface area contributed by atoms with Gasteiger partial charge in [-0.05, 0) is 45.4 Å². The number of amides is 1. The number of nitrogens with zero attached hydrogens (tertiary/aromatic N) is 1. The van der Waals surface area contributed by atoms with Gasteiger partial charge < -0.3 is 15.2 Å². The molecule has 8 heteroatoms. The lowest BCUT2D eigenvalue weighted by molar-refractivity contribution is -0.0173. The summed E-state index contributed by atoms with van der Waals surface area (Å²) in [7, 11) is 0. The lowest BCUT2D eigenvalue weighted by Gasteiger charge is -2.35. The van der Waals surface area contributed by atoms with Crippen LogP contribution >= 0.6 is 11.8 Å². The Bertz CT molecular complexity index is 720. The number of hydrogen-bond donors (Lipinski definition) is 2. The molecule has 1 saturated heterocycles. The molecule has 25 heavy (non-hydrogen) atoms. The fraction of sp³-hybridized carbons (Fsp3) is 0.529. The van der Waals surface area contributed by atoms with Gasteiger partial charge >= 0.3 is 6.09 Å². The van der Waals surface area contributed by atoms with E-state index in [9.17, 15) is 9.18 Å². The van der Waals surface area contributed by atoms with Crippen molar-refractivity contribution in [3.8, 4) is 0 Å². The molecule has 3 rings (SSSR count). The summed E-state index contributed by atoms with van der Waals surface area (Å²) in [5.41, 5.74) is 4.80. The number of rotatable bonds is 1. The molecule has 0 saturated carbocycles. The van der Waals surface area contributed by atoms with E-state index in [2.05, 4.69) is 10.3 Å². The second-order valence-corrected chi connectivity index (χ2v) is 8.13. The van der Waals surface area contributed by atoms with E-state index in [1.807, 2.05) is 0 Å². The predicted octanol–water partition coefficient (Wildman–Crippen LogP) is 3.22. The number of carbonyl (C=O) groups excluding carboxylic acids is 1.